The molecule has 2 N–H and O–H groups in total. The number of aryl methyl sites for hydroxylation is 2. The van der Waals surface area contributed by atoms with Crippen molar-refractivity contribution >= 4 is 10.1 Å². The van der Waals surface area contributed by atoms with Crippen LogP contribution in [0.5, 0.6) is 5.75 Å². The van der Waals surface area contributed by atoms with E-state index in [9.17, 15) is 13.5 Å². The van der Waals surface area contributed by atoms with Gasteiger partial charge in [-0.25, -0.2) is 0 Å². The van der Waals surface area contributed by atoms with E-state index in [1.807, 2.05) is 19.1 Å². The van der Waals surface area contributed by atoms with Crippen LogP contribution in [-0.4, -0.2) is 23.8 Å². The fourth-order valence-corrected chi connectivity index (χ4v) is 2.01. The van der Waals surface area contributed by atoms with Crippen LogP contribution in [0.3, 0.4) is 0 Å². The molecule has 0 fully saturated rings. The summed E-state index contributed by atoms with van der Waals surface area (Å²) in [6.07, 6.45) is 1.62. The Bertz CT molecular complexity index is 451. The van der Waals surface area contributed by atoms with Gasteiger partial charge in [0, 0.05) is 0 Å². The molecule has 4 nitrogen and oxygen atoms in total. The fraction of sp³-hybridized carbons (Fsp3) is 0.455. The third-order valence-electron chi connectivity index (χ3n) is 2.40. The normalized spacial score (nSPS) is 11.6. The second-order valence-electron chi connectivity index (χ2n) is 3.71. The maximum absolute atomic E-state index is 10.5. The standard InChI is InChI=1S/C11H16O4S/c1-2-9-5-6-11(12)10(8-9)4-3-7-16(13,14)15/h5-6,8,12H,2-4,7H2,1H3,(H,13,14,15). The van der Waals surface area contributed by atoms with Crippen molar-refractivity contribution in [3.63, 3.8) is 0 Å². The van der Waals surface area contributed by atoms with Gasteiger partial charge < -0.3 is 5.11 Å². The lowest BCUT2D eigenvalue weighted by atomic mass is 10.0. The van der Waals surface area contributed by atoms with Crippen molar-refractivity contribution in [3.05, 3.63) is 29.3 Å². The minimum Gasteiger partial charge on any atom is -0.508 e. The van der Waals surface area contributed by atoms with E-state index in [0.717, 1.165) is 17.5 Å². The number of phenolic OH excluding ortho intramolecular Hbond substituents is 1. The zero-order chi connectivity index (χ0) is 12.2. The molecule has 0 spiro atoms. The fourth-order valence-electron chi connectivity index (χ4n) is 1.50. The van der Waals surface area contributed by atoms with Crippen LogP contribution >= 0.6 is 0 Å². The Morgan fingerprint density at radius 3 is 2.56 bits per heavy atom. The Morgan fingerprint density at radius 2 is 2.00 bits per heavy atom. The molecule has 0 aliphatic rings. The average molecular weight is 244 g/mol. The molecule has 5 heteroatoms. The molecule has 0 amide bonds. The molecule has 0 unspecified atom stereocenters. The Balaban J connectivity index is 2.66. The molecule has 90 valence electrons. The van der Waals surface area contributed by atoms with Gasteiger partial charge >= 0.3 is 0 Å². The van der Waals surface area contributed by atoms with Crippen LogP contribution in [0, 0.1) is 0 Å². The quantitative estimate of drug-likeness (QED) is 0.774. The summed E-state index contributed by atoms with van der Waals surface area (Å²) in [5, 5.41) is 9.55. The van der Waals surface area contributed by atoms with Gasteiger partial charge in [-0.15, -0.1) is 0 Å². The Labute approximate surface area is 95.7 Å². The summed E-state index contributed by atoms with van der Waals surface area (Å²) in [6, 6.07) is 5.31. The van der Waals surface area contributed by atoms with Crippen LogP contribution in [0.4, 0.5) is 0 Å². The average Bonchev–Trinajstić information content (AvgIpc) is 2.19. The van der Waals surface area contributed by atoms with Crippen LogP contribution < -0.4 is 0 Å². The predicted molar refractivity (Wildman–Crippen MR) is 62.2 cm³/mol. The zero-order valence-corrected chi connectivity index (χ0v) is 10.00. The van der Waals surface area contributed by atoms with E-state index >= 15 is 0 Å². The number of phenols is 1. The highest BCUT2D eigenvalue weighted by molar-refractivity contribution is 7.85. The summed E-state index contributed by atoms with van der Waals surface area (Å²) < 4.78 is 29.6. The van der Waals surface area contributed by atoms with Crippen molar-refractivity contribution in [2.45, 2.75) is 26.2 Å². The summed E-state index contributed by atoms with van der Waals surface area (Å²) in [7, 11) is -3.90. The van der Waals surface area contributed by atoms with Gasteiger partial charge in [-0.1, -0.05) is 19.1 Å². The van der Waals surface area contributed by atoms with Gasteiger partial charge in [0.1, 0.15) is 5.75 Å². The van der Waals surface area contributed by atoms with Gasteiger partial charge in [0.05, 0.1) is 5.75 Å². The van der Waals surface area contributed by atoms with Crippen molar-refractivity contribution < 1.29 is 18.1 Å². The second-order valence-corrected chi connectivity index (χ2v) is 5.28. The SMILES string of the molecule is CCc1ccc(O)c(CCCS(=O)(=O)O)c1. The van der Waals surface area contributed by atoms with Crippen molar-refractivity contribution in [1.82, 2.24) is 0 Å². The lowest BCUT2D eigenvalue weighted by Crippen LogP contribution is -2.05. The van der Waals surface area contributed by atoms with E-state index in [1.165, 1.54) is 0 Å². The molecule has 0 aromatic heterocycles. The highest BCUT2D eigenvalue weighted by atomic mass is 32.2. The van der Waals surface area contributed by atoms with Crippen molar-refractivity contribution in [3.8, 4) is 5.75 Å². The highest BCUT2D eigenvalue weighted by Gasteiger charge is 2.07. The van der Waals surface area contributed by atoms with Crippen molar-refractivity contribution in [2.75, 3.05) is 5.75 Å². The minimum absolute atomic E-state index is 0.174. The molecule has 0 saturated heterocycles. The molecule has 1 rings (SSSR count). The van der Waals surface area contributed by atoms with E-state index in [0.29, 0.717) is 12.8 Å². The van der Waals surface area contributed by atoms with Crippen LogP contribution in [0.25, 0.3) is 0 Å². The van der Waals surface area contributed by atoms with Crippen LogP contribution in [-0.2, 0) is 23.0 Å². The molecule has 0 aliphatic heterocycles. The van der Waals surface area contributed by atoms with E-state index in [-0.39, 0.29) is 11.5 Å². The van der Waals surface area contributed by atoms with E-state index in [1.54, 1.807) is 6.07 Å². The Kier molecular flexibility index (Phi) is 4.32. The largest absolute Gasteiger partial charge is 0.508 e. The molecule has 16 heavy (non-hydrogen) atoms. The molecular formula is C11H16O4S. The number of hydrogen-bond donors (Lipinski definition) is 2. The third kappa shape index (κ3) is 4.20. The molecule has 1 aromatic rings. The lowest BCUT2D eigenvalue weighted by Gasteiger charge is -2.06. The number of rotatable bonds is 5. The highest BCUT2D eigenvalue weighted by Crippen LogP contribution is 2.20. The van der Waals surface area contributed by atoms with E-state index < -0.39 is 10.1 Å². The number of aromatic hydroxyl groups is 1. The summed E-state index contributed by atoms with van der Waals surface area (Å²) >= 11 is 0. The molecule has 0 saturated carbocycles. The van der Waals surface area contributed by atoms with Crippen LogP contribution in [0.1, 0.15) is 24.5 Å². The molecular weight excluding hydrogens is 228 g/mol. The van der Waals surface area contributed by atoms with Gasteiger partial charge in [0.2, 0.25) is 0 Å². The zero-order valence-electron chi connectivity index (χ0n) is 9.18. The number of hydrogen-bond acceptors (Lipinski definition) is 3. The van der Waals surface area contributed by atoms with Gasteiger partial charge in [-0.05, 0) is 36.5 Å². The Morgan fingerprint density at radius 1 is 1.31 bits per heavy atom. The third-order valence-corrected chi connectivity index (χ3v) is 3.21. The first-order chi connectivity index (χ1) is 7.42. The molecule has 0 radical (unpaired) electrons. The molecule has 0 bridgehead atoms. The second kappa shape index (κ2) is 5.32. The Hall–Kier alpha value is -1.07. The summed E-state index contributed by atoms with van der Waals surface area (Å²) in [5.41, 5.74) is 1.82. The molecule has 0 heterocycles. The summed E-state index contributed by atoms with van der Waals surface area (Å²) in [5.74, 6) is -0.101. The summed E-state index contributed by atoms with van der Waals surface area (Å²) in [4.78, 5) is 0. The summed E-state index contributed by atoms with van der Waals surface area (Å²) in [6.45, 7) is 2.01. The molecule has 1 aromatic carbocycles. The van der Waals surface area contributed by atoms with Gasteiger partial charge in [0.15, 0.2) is 0 Å². The maximum atomic E-state index is 10.5. The van der Waals surface area contributed by atoms with Gasteiger partial charge in [0.25, 0.3) is 10.1 Å². The van der Waals surface area contributed by atoms with Gasteiger partial charge in [-0.2, -0.15) is 8.42 Å². The molecule has 0 atom stereocenters. The topological polar surface area (TPSA) is 74.6 Å². The van der Waals surface area contributed by atoms with Crippen molar-refractivity contribution in [1.29, 1.82) is 0 Å². The van der Waals surface area contributed by atoms with Crippen LogP contribution in [0.2, 0.25) is 0 Å². The molecule has 0 aliphatic carbocycles. The first-order valence-corrected chi connectivity index (χ1v) is 6.79. The van der Waals surface area contributed by atoms with Crippen molar-refractivity contribution in [2.24, 2.45) is 0 Å². The monoisotopic (exact) mass is 244 g/mol. The smallest absolute Gasteiger partial charge is 0.264 e. The van der Waals surface area contributed by atoms with Crippen LogP contribution in [0.15, 0.2) is 18.2 Å². The van der Waals surface area contributed by atoms with E-state index in [2.05, 4.69) is 0 Å². The minimum atomic E-state index is -3.90. The number of benzene rings is 1. The first kappa shape index (κ1) is 13.0. The van der Waals surface area contributed by atoms with E-state index in [4.69, 9.17) is 4.55 Å². The predicted octanol–water partition coefficient (Wildman–Crippen LogP) is 1.78. The maximum Gasteiger partial charge on any atom is 0.264 e. The van der Waals surface area contributed by atoms with Gasteiger partial charge in [-0.3, -0.25) is 4.55 Å². The first-order valence-electron chi connectivity index (χ1n) is 5.18. The lowest BCUT2D eigenvalue weighted by molar-refractivity contribution is 0.465.